The highest BCUT2D eigenvalue weighted by Crippen LogP contribution is 2.18. The van der Waals surface area contributed by atoms with Gasteiger partial charge in [0.1, 0.15) is 11.5 Å². The van der Waals surface area contributed by atoms with Crippen molar-refractivity contribution < 1.29 is 9.18 Å². The van der Waals surface area contributed by atoms with Gasteiger partial charge in [0, 0.05) is 34.3 Å². The predicted octanol–water partition coefficient (Wildman–Crippen LogP) is 3.95. The van der Waals surface area contributed by atoms with E-state index in [1.807, 2.05) is 0 Å². The maximum atomic E-state index is 13.6. The molecule has 19 heavy (non-hydrogen) atoms. The standard InChI is InChI=1S/C13H11Br2FN2O/c1-18(13(19)12-5-10(15)6-17-12)7-8-4-9(14)2-3-11(8)16/h2-6,17H,7H2,1H3. The average Bonchev–Trinajstić information content (AvgIpc) is 2.79. The van der Waals surface area contributed by atoms with E-state index < -0.39 is 0 Å². The maximum absolute atomic E-state index is 13.6. The zero-order chi connectivity index (χ0) is 14.0. The van der Waals surface area contributed by atoms with Gasteiger partial charge in [0.05, 0.1) is 0 Å². The Hall–Kier alpha value is -1.14. The van der Waals surface area contributed by atoms with Gasteiger partial charge in [-0.2, -0.15) is 0 Å². The summed E-state index contributed by atoms with van der Waals surface area (Å²) < 4.78 is 15.2. The monoisotopic (exact) mass is 388 g/mol. The molecule has 0 saturated heterocycles. The highest BCUT2D eigenvalue weighted by Gasteiger charge is 2.15. The SMILES string of the molecule is CN(Cc1cc(Br)ccc1F)C(=O)c1cc(Br)c[nH]1. The van der Waals surface area contributed by atoms with Crippen molar-refractivity contribution in [1.82, 2.24) is 9.88 Å². The second-order valence-corrected chi connectivity index (χ2v) is 5.96. The van der Waals surface area contributed by atoms with E-state index in [1.54, 1.807) is 31.4 Å². The minimum absolute atomic E-state index is 0.190. The molecule has 0 fully saturated rings. The molecule has 1 aromatic carbocycles. The molecule has 6 heteroatoms. The molecule has 1 aromatic heterocycles. The Morgan fingerprint density at radius 2 is 2.05 bits per heavy atom. The van der Waals surface area contributed by atoms with Crippen molar-refractivity contribution in [2.45, 2.75) is 6.54 Å². The summed E-state index contributed by atoms with van der Waals surface area (Å²) in [5.74, 6) is -0.513. The van der Waals surface area contributed by atoms with Gasteiger partial charge in [-0.1, -0.05) is 15.9 Å². The number of aromatic nitrogens is 1. The highest BCUT2D eigenvalue weighted by molar-refractivity contribution is 9.10. The number of nitrogens with one attached hydrogen (secondary N) is 1. The highest BCUT2D eigenvalue weighted by atomic mass is 79.9. The lowest BCUT2D eigenvalue weighted by atomic mass is 10.2. The number of hydrogen-bond acceptors (Lipinski definition) is 1. The Kier molecular flexibility index (Phi) is 4.42. The van der Waals surface area contributed by atoms with E-state index in [1.165, 1.54) is 11.0 Å². The molecule has 100 valence electrons. The van der Waals surface area contributed by atoms with Crippen molar-refractivity contribution in [2.24, 2.45) is 0 Å². The molecular weight excluding hydrogens is 379 g/mol. The van der Waals surface area contributed by atoms with Gasteiger partial charge >= 0.3 is 0 Å². The first kappa shape index (κ1) is 14.3. The number of benzene rings is 1. The lowest BCUT2D eigenvalue weighted by Crippen LogP contribution is -2.26. The fraction of sp³-hybridized carbons (Fsp3) is 0.154. The molecule has 1 amide bonds. The Labute approximate surface area is 127 Å². The van der Waals surface area contributed by atoms with Crippen molar-refractivity contribution in [1.29, 1.82) is 0 Å². The Morgan fingerprint density at radius 1 is 1.32 bits per heavy atom. The van der Waals surface area contributed by atoms with E-state index in [4.69, 9.17) is 0 Å². The minimum atomic E-state index is -0.324. The molecule has 0 bridgehead atoms. The summed E-state index contributed by atoms with van der Waals surface area (Å²) in [5.41, 5.74) is 0.931. The summed E-state index contributed by atoms with van der Waals surface area (Å²) in [6.07, 6.45) is 1.68. The number of carbonyl (C=O) groups excluding carboxylic acids is 1. The quantitative estimate of drug-likeness (QED) is 0.847. The Balaban J connectivity index is 2.14. The van der Waals surface area contributed by atoms with Crippen LogP contribution in [0.2, 0.25) is 0 Å². The molecule has 0 radical (unpaired) electrons. The van der Waals surface area contributed by atoms with E-state index in [2.05, 4.69) is 36.8 Å². The van der Waals surface area contributed by atoms with Crippen LogP contribution in [0.1, 0.15) is 16.1 Å². The summed E-state index contributed by atoms with van der Waals surface area (Å²) in [6.45, 7) is 0.209. The Bertz CT molecular complexity index is 612. The number of rotatable bonds is 3. The van der Waals surface area contributed by atoms with Crippen molar-refractivity contribution >= 4 is 37.8 Å². The van der Waals surface area contributed by atoms with Crippen LogP contribution in [0.15, 0.2) is 39.4 Å². The van der Waals surface area contributed by atoms with E-state index in [9.17, 15) is 9.18 Å². The number of carbonyl (C=O) groups is 1. The molecular formula is C13H11Br2FN2O. The van der Waals surface area contributed by atoms with Gasteiger partial charge in [0.15, 0.2) is 0 Å². The molecule has 0 unspecified atom stereocenters. The van der Waals surface area contributed by atoms with Crippen LogP contribution >= 0.6 is 31.9 Å². The lowest BCUT2D eigenvalue weighted by Gasteiger charge is -2.17. The van der Waals surface area contributed by atoms with Crippen LogP contribution in [0.5, 0.6) is 0 Å². The van der Waals surface area contributed by atoms with E-state index in [0.29, 0.717) is 11.3 Å². The molecule has 1 N–H and O–H groups in total. The first-order valence-electron chi connectivity index (χ1n) is 5.50. The number of H-pyrrole nitrogens is 1. The zero-order valence-electron chi connectivity index (χ0n) is 10.1. The van der Waals surface area contributed by atoms with Crippen LogP contribution in [-0.4, -0.2) is 22.8 Å². The maximum Gasteiger partial charge on any atom is 0.270 e. The van der Waals surface area contributed by atoms with Crippen LogP contribution in [0.4, 0.5) is 4.39 Å². The van der Waals surface area contributed by atoms with Crippen LogP contribution in [0.3, 0.4) is 0 Å². The second kappa shape index (κ2) is 5.88. The van der Waals surface area contributed by atoms with Crippen LogP contribution < -0.4 is 0 Å². The summed E-state index contributed by atoms with van der Waals surface area (Å²) in [6, 6.07) is 6.37. The van der Waals surface area contributed by atoms with Gasteiger partial charge < -0.3 is 9.88 Å². The molecule has 0 atom stereocenters. The number of hydrogen-bond donors (Lipinski definition) is 1. The van der Waals surface area contributed by atoms with E-state index in [0.717, 1.165) is 8.95 Å². The summed E-state index contributed by atoms with van der Waals surface area (Å²) in [5, 5.41) is 0. The molecule has 0 aliphatic rings. The van der Waals surface area contributed by atoms with Gasteiger partial charge in [-0.3, -0.25) is 4.79 Å². The van der Waals surface area contributed by atoms with Gasteiger partial charge in [0.2, 0.25) is 0 Å². The van der Waals surface area contributed by atoms with Crippen LogP contribution in [-0.2, 0) is 6.54 Å². The van der Waals surface area contributed by atoms with Gasteiger partial charge in [-0.15, -0.1) is 0 Å². The van der Waals surface area contributed by atoms with E-state index >= 15 is 0 Å². The van der Waals surface area contributed by atoms with Gasteiger partial charge in [-0.05, 0) is 40.2 Å². The largest absolute Gasteiger partial charge is 0.356 e. The molecule has 0 aliphatic heterocycles. The summed E-state index contributed by atoms with van der Waals surface area (Å²) in [4.78, 5) is 16.4. The lowest BCUT2D eigenvalue weighted by molar-refractivity contribution is 0.0778. The van der Waals surface area contributed by atoms with Gasteiger partial charge in [-0.25, -0.2) is 4.39 Å². The topological polar surface area (TPSA) is 36.1 Å². The van der Waals surface area contributed by atoms with Gasteiger partial charge in [0.25, 0.3) is 5.91 Å². The van der Waals surface area contributed by atoms with Crippen molar-refractivity contribution in [3.8, 4) is 0 Å². The molecule has 2 aromatic rings. The first-order chi connectivity index (χ1) is 8.97. The fourth-order valence-electron chi connectivity index (χ4n) is 1.69. The minimum Gasteiger partial charge on any atom is -0.356 e. The second-order valence-electron chi connectivity index (χ2n) is 4.13. The zero-order valence-corrected chi connectivity index (χ0v) is 13.3. The predicted molar refractivity (Wildman–Crippen MR) is 78.4 cm³/mol. The summed E-state index contributed by atoms with van der Waals surface area (Å²) >= 11 is 6.56. The third kappa shape index (κ3) is 3.45. The van der Waals surface area contributed by atoms with Crippen LogP contribution in [0.25, 0.3) is 0 Å². The van der Waals surface area contributed by atoms with Crippen molar-refractivity contribution in [2.75, 3.05) is 7.05 Å². The van der Waals surface area contributed by atoms with E-state index in [-0.39, 0.29) is 18.3 Å². The number of nitrogens with zero attached hydrogens (tertiary/aromatic N) is 1. The molecule has 3 nitrogen and oxygen atoms in total. The van der Waals surface area contributed by atoms with Crippen molar-refractivity contribution in [3.05, 3.63) is 56.5 Å². The normalized spacial score (nSPS) is 10.5. The average molecular weight is 390 g/mol. The number of halogens is 3. The summed E-state index contributed by atoms with van der Waals surface area (Å²) in [7, 11) is 1.64. The number of amides is 1. The molecule has 0 spiro atoms. The number of aromatic amines is 1. The first-order valence-corrected chi connectivity index (χ1v) is 7.09. The molecule has 2 rings (SSSR count). The Morgan fingerprint density at radius 3 is 2.68 bits per heavy atom. The third-order valence-corrected chi connectivity index (χ3v) is 3.59. The van der Waals surface area contributed by atoms with Crippen LogP contribution in [0, 0.1) is 5.82 Å². The molecule has 1 heterocycles. The van der Waals surface area contributed by atoms with Crippen molar-refractivity contribution in [3.63, 3.8) is 0 Å². The smallest absolute Gasteiger partial charge is 0.270 e. The third-order valence-electron chi connectivity index (χ3n) is 2.64. The molecule has 0 aliphatic carbocycles. The molecule has 0 saturated carbocycles. The fourth-order valence-corrected chi connectivity index (χ4v) is 2.44.